The Morgan fingerprint density at radius 2 is 2.04 bits per heavy atom. The van der Waals surface area contributed by atoms with Gasteiger partial charge in [0.05, 0.1) is 12.2 Å². The zero-order chi connectivity index (χ0) is 16.8. The summed E-state index contributed by atoms with van der Waals surface area (Å²) in [5.74, 6) is 0.940. The first kappa shape index (κ1) is 15.7. The third-order valence-corrected chi connectivity index (χ3v) is 3.41. The molecular formula is C18H17N3O3. The molecule has 1 amide bonds. The lowest BCUT2D eigenvalue weighted by atomic mass is 10.1. The number of nitrogens with zero attached hydrogens (tertiary/aromatic N) is 2. The highest BCUT2D eigenvalue weighted by molar-refractivity contribution is 6.00. The van der Waals surface area contributed by atoms with Gasteiger partial charge in [0.15, 0.2) is 5.76 Å². The molecule has 122 valence electrons. The fourth-order valence-electron chi connectivity index (χ4n) is 2.27. The Morgan fingerprint density at radius 3 is 2.79 bits per heavy atom. The number of amides is 1. The maximum atomic E-state index is 12.4. The van der Waals surface area contributed by atoms with Gasteiger partial charge in [-0.3, -0.25) is 9.78 Å². The van der Waals surface area contributed by atoms with E-state index in [1.807, 2.05) is 36.4 Å². The van der Waals surface area contributed by atoms with Crippen LogP contribution in [0.1, 0.15) is 16.1 Å². The first-order valence-corrected chi connectivity index (χ1v) is 7.58. The van der Waals surface area contributed by atoms with Gasteiger partial charge in [-0.25, -0.2) is 0 Å². The number of carbonyl (C=O) groups is 1. The maximum absolute atomic E-state index is 12.4. The topological polar surface area (TPSA) is 77.2 Å². The number of aromatic nitrogens is 2. The number of carbonyl (C=O) groups excluding carboxylic acids is 1. The first-order valence-electron chi connectivity index (χ1n) is 7.58. The van der Waals surface area contributed by atoms with Crippen LogP contribution in [0.3, 0.4) is 0 Å². The minimum absolute atomic E-state index is 0.246. The van der Waals surface area contributed by atoms with E-state index in [-0.39, 0.29) is 5.91 Å². The van der Waals surface area contributed by atoms with Crippen LogP contribution >= 0.6 is 0 Å². The van der Waals surface area contributed by atoms with Crippen LogP contribution in [0, 0.1) is 6.92 Å². The molecule has 0 aliphatic heterocycles. The van der Waals surface area contributed by atoms with Crippen LogP contribution in [-0.4, -0.2) is 29.2 Å². The van der Waals surface area contributed by atoms with Crippen molar-refractivity contribution in [3.63, 3.8) is 0 Å². The summed E-state index contributed by atoms with van der Waals surface area (Å²) in [7, 11) is 0. The summed E-state index contributed by atoms with van der Waals surface area (Å²) in [5, 5.41) is 6.72. The highest BCUT2D eigenvalue weighted by Crippen LogP contribution is 2.25. The van der Waals surface area contributed by atoms with Crippen LogP contribution in [0.25, 0.3) is 11.3 Å². The molecule has 24 heavy (non-hydrogen) atoms. The highest BCUT2D eigenvalue weighted by Gasteiger charge is 2.21. The summed E-state index contributed by atoms with van der Waals surface area (Å²) < 4.78 is 10.9. The number of ether oxygens (including phenoxy) is 1. The van der Waals surface area contributed by atoms with Gasteiger partial charge in [-0.2, -0.15) is 0 Å². The van der Waals surface area contributed by atoms with E-state index >= 15 is 0 Å². The minimum atomic E-state index is -0.246. The number of rotatable bonds is 6. The van der Waals surface area contributed by atoms with Gasteiger partial charge in [0, 0.05) is 18.0 Å². The maximum Gasteiger partial charge on any atom is 0.257 e. The molecule has 1 N–H and O–H groups in total. The number of hydrogen-bond donors (Lipinski definition) is 1. The average molecular weight is 323 g/mol. The van der Waals surface area contributed by atoms with Crippen LogP contribution < -0.4 is 10.1 Å². The summed E-state index contributed by atoms with van der Waals surface area (Å²) in [6.45, 7) is 2.49. The second-order valence-corrected chi connectivity index (χ2v) is 5.13. The Hall–Kier alpha value is -3.15. The van der Waals surface area contributed by atoms with Crippen molar-refractivity contribution >= 4 is 5.91 Å². The molecule has 0 saturated heterocycles. The van der Waals surface area contributed by atoms with Crippen molar-refractivity contribution in [1.82, 2.24) is 15.5 Å². The SMILES string of the molecule is Cc1noc(-c2cccnc2)c1C(=O)NCCOc1ccccc1. The smallest absolute Gasteiger partial charge is 0.257 e. The average Bonchev–Trinajstić information content (AvgIpc) is 3.02. The predicted octanol–water partition coefficient (Wildman–Crippen LogP) is 2.85. The number of hydrogen-bond acceptors (Lipinski definition) is 5. The van der Waals surface area contributed by atoms with Crippen LogP contribution in [-0.2, 0) is 0 Å². The van der Waals surface area contributed by atoms with Crippen molar-refractivity contribution in [2.45, 2.75) is 6.92 Å². The summed E-state index contributed by atoms with van der Waals surface area (Å²) in [6, 6.07) is 13.1. The van der Waals surface area contributed by atoms with Gasteiger partial charge >= 0.3 is 0 Å². The van der Waals surface area contributed by atoms with E-state index in [9.17, 15) is 4.79 Å². The number of benzene rings is 1. The Balaban J connectivity index is 1.62. The van der Waals surface area contributed by atoms with Crippen molar-refractivity contribution in [1.29, 1.82) is 0 Å². The Kier molecular flexibility index (Phi) is 4.86. The van der Waals surface area contributed by atoms with Gasteiger partial charge in [0.2, 0.25) is 0 Å². The molecule has 0 aliphatic carbocycles. The third-order valence-electron chi connectivity index (χ3n) is 3.41. The molecule has 0 fully saturated rings. The second kappa shape index (κ2) is 7.41. The molecule has 3 aromatic rings. The summed E-state index contributed by atoms with van der Waals surface area (Å²) in [4.78, 5) is 16.5. The van der Waals surface area contributed by atoms with E-state index in [4.69, 9.17) is 9.26 Å². The molecule has 0 saturated carbocycles. The van der Waals surface area contributed by atoms with Crippen LogP contribution in [0.5, 0.6) is 5.75 Å². The lowest BCUT2D eigenvalue weighted by molar-refractivity contribution is 0.0946. The molecule has 6 nitrogen and oxygen atoms in total. The standard InChI is InChI=1S/C18H17N3O3/c1-13-16(17(24-21-13)14-6-5-9-19-12-14)18(22)20-10-11-23-15-7-3-2-4-8-15/h2-9,12H,10-11H2,1H3,(H,20,22). The van der Waals surface area contributed by atoms with Gasteiger partial charge < -0.3 is 14.6 Å². The van der Waals surface area contributed by atoms with E-state index in [2.05, 4.69) is 15.5 Å². The van der Waals surface area contributed by atoms with Gasteiger partial charge in [0.1, 0.15) is 17.9 Å². The van der Waals surface area contributed by atoms with Crippen LogP contribution in [0.2, 0.25) is 0 Å². The van der Waals surface area contributed by atoms with E-state index in [0.717, 1.165) is 5.75 Å². The van der Waals surface area contributed by atoms with Crippen molar-refractivity contribution in [2.24, 2.45) is 0 Å². The monoisotopic (exact) mass is 323 g/mol. The summed E-state index contributed by atoms with van der Waals surface area (Å²) >= 11 is 0. The number of nitrogens with one attached hydrogen (secondary N) is 1. The lowest BCUT2D eigenvalue weighted by Gasteiger charge is -2.08. The van der Waals surface area contributed by atoms with E-state index in [1.165, 1.54) is 0 Å². The molecular weight excluding hydrogens is 306 g/mol. The van der Waals surface area contributed by atoms with E-state index in [0.29, 0.717) is 35.7 Å². The summed E-state index contributed by atoms with van der Waals surface area (Å²) in [6.07, 6.45) is 3.29. The second-order valence-electron chi connectivity index (χ2n) is 5.13. The van der Waals surface area contributed by atoms with E-state index < -0.39 is 0 Å². The molecule has 0 unspecified atom stereocenters. The van der Waals surface area contributed by atoms with E-state index in [1.54, 1.807) is 25.4 Å². The summed E-state index contributed by atoms with van der Waals surface area (Å²) in [5.41, 5.74) is 1.67. The molecule has 6 heteroatoms. The molecule has 0 radical (unpaired) electrons. The number of pyridine rings is 1. The van der Waals surface area contributed by atoms with Crippen LogP contribution in [0.15, 0.2) is 59.4 Å². The van der Waals surface area contributed by atoms with Gasteiger partial charge in [-0.1, -0.05) is 23.4 Å². The fourth-order valence-corrected chi connectivity index (χ4v) is 2.27. The predicted molar refractivity (Wildman–Crippen MR) is 88.7 cm³/mol. The first-order chi connectivity index (χ1) is 11.8. The Morgan fingerprint density at radius 1 is 1.21 bits per heavy atom. The zero-order valence-electron chi connectivity index (χ0n) is 13.2. The minimum Gasteiger partial charge on any atom is -0.492 e. The van der Waals surface area contributed by atoms with Crippen molar-refractivity contribution in [3.8, 4) is 17.1 Å². The molecule has 2 heterocycles. The number of para-hydroxylation sites is 1. The molecule has 0 aliphatic rings. The fraction of sp³-hybridized carbons (Fsp3) is 0.167. The Labute approximate surface area is 139 Å². The molecule has 0 spiro atoms. The molecule has 0 bridgehead atoms. The normalized spacial score (nSPS) is 10.4. The van der Waals surface area contributed by atoms with Crippen molar-refractivity contribution in [3.05, 3.63) is 66.1 Å². The van der Waals surface area contributed by atoms with Gasteiger partial charge in [-0.05, 0) is 31.2 Å². The molecule has 1 aromatic carbocycles. The van der Waals surface area contributed by atoms with Gasteiger partial charge in [-0.15, -0.1) is 0 Å². The highest BCUT2D eigenvalue weighted by atomic mass is 16.5. The quantitative estimate of drug-likeness (QED) is 0.706. The third kappa shape index (κ3) is 3.60. The largest absolute Gasteiger partial charge is 0.492 e. The Bertz CT molecular complexity index is 801. The molecule has 2 aromatic heterocycles. The molecule has 3 rings (SSSR count). The lowest BCUT2D eigenvalue weighted by Crippen LogP contribution is -2.28. The van der Waals surface area contributed by atoms with Crippen molar-refractivity contribution < 1.29 is 14.1 Å². The van der Waals surface area contributed by atoms with Crippen LogP contribution in [0.4, 0.5) is 0 Å². The molecule has 0 atom stereocenters. The zero-order valence-corrected chi connectivity index (χ0v) is 13.2. The van der Waals surface area contributed by atoms with Crippen molar-refractivity contribution in [2.75, 3.05) is 13.2 Å². The van der Waals surface area contributed by atoms with Gasteiger partial charge in [0.25, 0.3) is 5.91 Å². The number of aryl methyl sites for hydroxylation is 1.